The minimum Gasteiger partial charge on any atom is -0.367 e. The summed E-state index contributed by atoms with van der Waals surface area (Å²) in [7, 11) is 1.02. The molecule has 2 aromatic rings. The summed E-state index contributed by atoms with van der Waals surface area (Å²) in [6, 6.07) is 1.62. The highest BCUT2D eigenvalue weighted by Crippen LogP contribution is 2.40. The Morgan fingerprint density at radius 2 is 2.22 bits per heavy atom. The van der Waals surface area contributed by atoms with Gasteiger partial charge < -0.3 is 14.6 Å². The van der Waals surface area contributed by atoms with E-state index in [-0.39, 0.29) is 25.1 Å². The van der Waals surface area contributed by atoms with Crippen molar-refractivity contribution in [2.45, 2.75) is 24.6 Å². The molecule has 23 heavy (non-hydrogen) atoms. The molecule has 0 spiro atoms. The molecule has 2 aromatic heterocycles. The number of nitrogens with zero attached hydrogens (tertiary/aromatic N) is 3. The first kappa shape index (κ1) is 15.7. The molecule has 6 nitrogen and oxygen atoms in total. The van der Waals surface area contributed by atoms with Gasteiger partial charge in [-0.2, -0.15) is 13.2 Å². The van der Waals surface area contributed by atoms with E-state index < -0.39 is 24.2 Å². The lowest BCUT2D eigenvalue weighted by atomic mass is 9.91. The summed E-state index contributed by atoms with van der Waals surface area (Å²) in [5.74, 6) is -0.553. The Hall–Kier alpha value is -2.16. The van der Waals surface area contributed by atoms with Gasteiger partial charge in [-0.05, 0) is 18.9 Å². The number of nitrogens with one attached hydrogen (secondary N) is 1. The number of aromatic amines is 1. The predicted octanol–water partition coefficient (Wildman–Crippen LogP) is 2.14. The SMILES string of the molecule is COC1(C(F)(F)F)CCCN(C(=O)c2ncnc3[nH]ccc23)C1. The van der Waals surface area contributed by atoms with Crippen LogP contribution in [0.25, 0.3) is 11.0 Å². The highest BCUT2D eigenvalue weighted by Gasteiger charge is 2.57. The zero-order valence-electron chi connectivity index (χ0n) is 12.4. The van der Waals surface area contributed by atoms with E-state index in [0.29, 0.717) is 11.0 Å². The van der Waals surface area contributed by atoms with Gasteiger partial charge in [0.05, 0.1) is 11.9 Å². The Kier molecular flexibility index (Phi) is 3.75. The zero-order chi connectivity index (χ0) is 16.7. The number of piperidine rings is 1. The van der Waals surface area contributed by atoms with Crippen LogP contribution in [0.15, 0.2) is 18.6 Å². The summed E-state index contributed by atoms with van der Waals surface area (Å²) in [5.41, 5.74) is -1.77. The second-order valence-corrected chi connectivity index (χ2v) is 5.49. The Bertz CT molecular complexity index is 730. The van der Waals surface area contributed by atoms with Crippen molar-refractivity contribution in [1.82, 2.24) is 19.9 Å². The van der Waals surface area contributed by atoms with Gasteiger partial charge in [-0.1, -0.05) is 0 Å². The number of hydrogen-bond acceptors (Lipinski definition) is 4. The summed E-state index contributed by atoms with van der Waals surface area (Å²) in [4.78, 5) is 24.5. The van der Waals surface area contributed by atoms with E-state index in [9.17, 15) is 18.0 Å². The molecule has 0 bridgehead atoms. The van der Waals surface area contributed by atoms with E-state index in [1.165, 1.54) is 6.33 Å². The van der Waals surface area contributed by atoms with Crippen LogP contribution < -0.4 is 0 Å². The number of amides is 1. The van der Waals surface area contributed by atoms with Crippen molar-refractivity contribution in [2.75, 3.05) is 20.2 Å². The van der Waals surface area contributed by atoms with Gasteiger partial charge in [0.1, 0.15) is 17.7 Å². The van der Waals surface area contributed by atoms with Crippen molar-refractivity contribution in [3.63, 3.8) is 0 Å². The monoisotopic (exact) mass is 328 g/mol. The number of likely N-dealkylation sites (tertiary alicyclic amines) is 1. The standard InChI is InChI=1S/C14H15F3N4O2/c1-23-13(14(15,16)17)4-2-6-21(7-13)12(22)10-9-3-5-18-11(9)20-8-19-10/h3,5,8H,2,4,6-7H2,1H3,(H,18,19,20). The summed E-state index contributed by atoms with van der Waals surface area (Å²) in [6.07, 6.45) is -1.69. The molecule has 1 fully saturated rings. The molecule has 0 radical (unpaired) electrons. The maximum absolute atomic E-state index is 13.3. The average Bonchev–Trinajstić information content (AvgIpc) is 3.01. The topological polar surface area (TPSA) is 71.1 Å². The maximum atomic E-state index is 13.3. The van der Waals surface area contributed by atoms with Crippen LogP contribution in [-0.2, 0) is 4.74 Å². The molecular weight excluding hydrogens is 313 g/mol. The number of carbonyl (C=O) groups is 1. The van der Waals surface area contributed by atoms with Crippen LogP contribution in [0.5, 0.6) is 0 Å². The highest BCUT2D eigenvalue weighted by molar-refractivity contribution is 6.03. The number of H-pyrrole nitrogens is 1. The maximum Gasteiger partial charge on any atom is 0.419 e. The normalized spacial score (nSPS) is 22.5. The van der Waals surface area contributed by atoms with Crippen LogP contribution in [0.1, 0.15) is 23.3 Å². The molecule has 9 heteroatoms. The summed E-state index contributed by atoms with van der Waals surface area (Å²) >= 11 is 0. The minimum atomic E-state index is -4.55. The van der Waals surface area contributed by atoms with Crippen LogP contribution in [-0.4, -0.2) is 57.7 Å². The lowest BCUT2D eigenvalue weighted by Gasteiger charge is -2.42. The number of methoxy groups -OCH3 is 1. The third kappa shape index (κ3) is 2.54. The molecule has 0 aromatic carbocycles. The first-order valence-electron chi connectivity index (χ1n) is 7.07. The fourth-order valence-electron chi connectivity index (χ4n) is 2.90. The Balaban J connectivity index is 1.92. The fraction of sp³-hybridized carbons (Fsp3) is 0.500. The van der Waals surface area contributed by atoms with Gasteiger partial charge in [0.2, 0.25) is 0 Å². The number of rotatable bonds is 2. The van der Waals surface area contributed by atoms with Gasteiger partial charge in [0.15, 0.2) is 5.60 Å². The van der Waals surface area contributed by atoms with Crippen molar-refractivity contribution < 1.29 is 22.7 Å². The van der Waals surface area contributed by atoms with E-state index in [1.54, 1.807) is 12.3 Å². The summed E-state index contributed by atoms with van der Waals surface area (Å²) in [6.45, 7) is -0.308. The average molecular weight is 328 g/mol. The number of alkyl halides is 3. The molecule has 1 aliphatic rings. The van der Waals surface area contributed by atoms with Gasteiger partial charge in [-0.25, -0.2) is 9.97 Å². The first-order chi connectivity index (χ1) is 10.9. The molecule has 1 saturated heterocycles. The lowest BCUT2D eigenvalue weighted by Crippen LogP contribution is -2.59. The van der Waals surface area contributed by atoms with E-state index in [4.69, 9.17) is 4.74 Å². The van der Waals surface area contributed by atoms with Crippen LogP contribution in [0.3, 0.4) is 0 Å². The second-order valence-electron chi connectivity index (χ2n) is 5.49. The van der Waals surface area contributed by atoms with Gasteiger partial charge in [-0.3, -0.25) is 4.79 Å². The highest BCUT2D eigenvalue weighted by atomic mass is 19.4. The quantitative estimate of drug-likeness (QED) is 0.917. The van der Waals surface area contributed by atoms with Crippen LogP contribution in [0, 0.1) is 0 Å². The molecule has 1 unspecified atom stereocenters. The second kappa shape index (κ2) is 5.48. The Morgan fingerprint density at radius 3 is 2.91 bits per heavy atom. The molecule has 1 aliphatic heterocycles. The van der Waals surface area contributed by atoms with Crippen LogP contribution in [0.4, 0.5) is 13.2 Å². The molecular formula is C14H15F3N4O2. The van der Waals surface area contributed by atoms with Crippen LogP contribution in [0.2, 0.25) is 0 Å². The summed E-state index contributed by atoms with van der Waals surface area (Å²) < 4.78 is 44.8. The number of halogens is 3. The molecule has 0 saturated carbocycles. The lowest BCUT2D eigenvalue weighted by molar-refractivity contribution is -0.280. The number of fused-ring (bicyclic) bond motifs is 1. The van der Waals surface area contributed by atoms with Crippen molar-refractivity contribution in [3.8, 4) is 0 Å². The van der Waals surface area contributed by atoms with Crippen LogP contribution >= 0.6 is 0 Å². The molecule has 1 amide bonds. The number of ether oxygens (including phenoxy) is 1. The van der Waals surface area contributed by atoms with Crippen molar-refractivity contribution in [2.24, 2.45) is 0 Å². The Labute approximate surface area is 129 Å². The molecule has 3 heterocycles. The third-order valence-electron chi connectivity index (χ3n) is 4.21. The molecule has 124 valence electrons. The van der Waals surface area contributed by atoms with Gasteiger partial charge in [0.25, 0.3) is 5.91 Å². The van der Waals surface area contributed by atoms with E-state index in [1.807, 2.05) is 0 Å². The summed E-state index contributed by atoms with van der Waals surface area (Å²) in [5, 5.41) is 0.484. The smallest absolute Gasteiger partial charge is 0.367 e. The van der Waals surface area contributed by atoms with Crippen molar-refractivity contribution in [3.05, 3.63) is 24.3 Å². The van der Waals surface area contributed by atoms with Gasteiger partial charge >= 0.3 is 6.18 Å². The molecule has 3 rings (SSSR count). The number of aromatic nitrogens is 3. The minimum absolute atomic E-state index is 0.0883. The van der Waals surface area contributed by atoms with Gasteiger partial charge in [0, 0.05) is 19.9 Å². The van der Waals surface area contributed by atoms with Crippen molar-refractivity contribution in [1.29, 1.82) is 0 Å². The molecule has 1 N–H and O–H groups in total. The fourth-order valence-corrected chi connectivity index (χ4v) is 2.90. The Morgan fingerprint density at radius 1 is 1.43 bits per heavy atom. The first-order valence-corrected chi connectivity index (χ1v) is 7.07. The third-order valence-corrected chi connectivity index (χ3v) is 4.21. The van der Waals surface area contributed by atoms with E-state index in [0.717, 1.165) is 12.0 Å². The predicted molar refractivity (Wildman–Crippen MR) is 74.8 cm³/mol. The molecule has 0 aliphatic carbocycles. The van der Waals surface area contributed by atoms with E-state index >= 15 is 0 Å². The number of carbonyl (C=O) groups excluding carboxylic acids is 1. The van der Waals surface area contributed by atoms with Gasteiger partial charge in [-0.15, -0.1) is 0 Å². The van der Waals surface area contributed by atoms with Crippen molar-refractivity contribution >= 4 is 16.9 Å². The largest absolute Gasteiger partial charge is 0.419 e. The number of hydrogen-bond donors (Lipinski definition) is 1. The molecule has 1 atom stereocenters. The zero-order valence-corrected chi connectivity index (χ0v) is 12.4. The van der Waals surface area contributed by atoms with E-state index in [2.05, 4.69) is 15.0 Å².